The number of carbonyl (C=O) groups is 1. The second-order valence-corrected chi connectivity index (χ2v) is 16.2. The van der Waals surface area contributed by atoms with Crippen molar-refractivity contribution in [1.82, 2.24) is 39.4 Å². The number of nitrogens with one attached hydrogen (secondary N) is 2. The molecular formula is C39H33ClF9N9O3S. The maximum atomic E-state index is 15.7. The molecule has 0 bridgehead atoms. The van der Waals surface area contributed by atoms with Gasteiger partial charge >= 0.3 is 12.1 Å². The zero-order chi connectivity index (χ0) is 44.6. The Morgan fingerprint density at radius 3 is 2.42 bits per heavy atom. The number of pyridine rings is 1. The second kappa shape index (κ2) is 15.7. The number of hydrogen-bond donors (Lipinski definition) is 2. The second-order valence-electron chi connectivity index (χ2n) is 15.2. The van der Waals surface area contributed by atoms with Crippen LogP contribution in [0.5, 0.6) is 5.88 Å². The number of nitrogens with zero attached hydrogens (tertiary/aromatic N) is 7. The molecule has 62 heavy (non-hydrogen) atoms. The Labute approximate surface area is 353 Å². The topological polar surface area (TPSA) is 134 Å². The van der Waals surface area contributed by atoms with Gasteiger partial charge in [-0.2, -0.15) is 45.9 Å². The molecule has 6 aromatic rings. The lowest BCUT2D eigenvalue weighted by atomic mass is 10.0. The molecule has 8 rings (SSSR count). The number of aryl methyl sites for hydroxylation is 1. The number of benzene rings is 2. The SMILES string of the molecule is CSNc1nn(C)c2c(-n3c(C(Cc4cc(F)cc(F)c4)NC(=O)Cn4nc(C5CC5)c5c4C(F)(F)C(C)C5)nc4nc(OCC(F)(F)C(F)(F)F)ccc4c3=O)ccc(Cl)c12. The quantitative estimate of drug-likeness (QED) is 0.0867. The summed E-state index contributed by atoms with van der Waals surface area (Å²) in [4.78, 5) is 37.5. The van der Waals surface area contributed by atoms with Gasteiger partial charge in [-0.1, -0.05) is 30.5 Å². The Morgan fingerprint density at radius 2 is 1.76 bits per heavy atom. The van der Waals surface area contributed by atoms with E-state index in [1.165, 1.54) is 35.7 Å². The van der Waals surface area contributed by atoms with Crippen molar-refractivity contribution in [2.45, 2.75) is 69.1 Å². The number of anilines is 1. The van der Waals surface area contributed by atoms with Crippen LogP contribution in [0.4, 0.5) is 45.3 Å². The third kappa shape index (κ3) is 7.79. The van der Waals surface area contributed by atoms with E-state index in [0.717, 1.165) is 46.4 Å². The first-order valence-electron chi connectivity index (χ1n) is 18.9. The van der Waals surface area contributed by atoms with E-state index in [9.17, 15) is 40.3 Å². The Kier molecular flexibility index (Phi) is 10.9. The average Bonchev–Trinajstić information content (AvgIpc) is 3.82. The predicted molar refractivity (Wildman–Crippen MR) is 210 cm³/mol. The molecule has 0 saturated heterocycles. The highest BCUT2D eigenvalue weighted by Crippen LogP contribution is 2.51. The van der Waals surface area contributed by atoms with Crippen LogP contribution in [0.2, 0.25) is 5.02 Å². The summed E-state index contributed by atoms with van der Waals surface area (Å²) < 4.78 is 138. The van der Waals surface area contributed by atoms with Crippen LogP contribution >= 0.6 is 23.5 Å². The van der Waals surface area contributed by atoms with E-state index in [1.54, 1.807) is 13.3 Å². The van der Waals surface area contributed by atoms with Crippen LogP contribution in [-0.4, -0.2) is 65.0 Å². The van der Waals surface area contributed by atoms with Crippen molar-refractivity contribution < 1.29 is 49.0 Å². The van der Waals surface area contributed by atoms with Gasteiger partial charge in [-0.05, 0) is 55.2 Å². The van der Waals surface area contributed by atoms with E-state index in [1.807, 2.05) is 0 Å². The standard InChI is InChI=1S/C39H33ClF9N9O3S/c1-17-10-23-30(19-4-5-19)53-57(32(23)38(17,45)46)15-27(59)50-25(13-18-11-20(41)14-21(42)12-18)35-52-33-22(6-9-28(51-33)61-16-37(43,44)39(47,48)49)36(60)58(35)26-8-7-24(40)29-31(26)56(2)54-34(29)55-62-3/h6-9,11-12,14,17,19,25H,4-5,10,13,15-16H2,1-3H3,(H,50,59)(H,54,55). The van der Waals surface area contributed by atoms with E-state index in [2.05, 4.69) is 30.2 Å². The van der Waals surface area contributed by atoms with Crippen LogP contribution in [-0.2, 0) is 37.2 Å². The van der Waals surface area contributed by atoms with E-state index in [-0.39, 0.29) is 45.3 Å². The summed E-state index contributed by atoms with van der Waals surface area (Å²) in [5.41, 5.74) is -0.831. The van der Waals surface area contributed by atoms with E-state index in [4.69, 9.17) is 16.3 Å². The summed E-state index contributed by atoms with van der Waals surface area (Å²) in [6.07, 6.45) is -3.23. The molecule has 0 spiro atoms. The first-order chi connectivity index (χ1) is 29.2. The molecule has 2 aliphatic carbocycles. The zero-order valence-corrected chi connectivity index (χ0v) is 34.1. The number of amides is 1. The van der Waals surface area contributed by atoms with Gasteiger partial charge in [0.1, 0.15) is 29.7 Å². The maximum absolute atomic E-state index is 15.7. The molecule has 2 N–H and O–H groups in total. The average molecular weight is 914 g/mol. The van der Waals surface area contributed by atoms with E-state index in [0.29, 0.717) is 22.7 Å². The Balaban J connectivity index is 1.31. The Bertz CT molecular complexity index is 2810. The summed E-state index contributed by atoms with van der Waals surface area (Å²) in [5.74, 6) is -13.6. The summed E-state index contributed by atoms with van der Waals surface area (Å²) in [6.45, 7) is -1.54. The van der Waals surface area contributed by atoms with Gasteiger partial charge in [-0.15, -0.1) is 0 Å². The Hall–Kier alpha value is -5.51. The number of hydrogen-bond acceptors (Lipinski definition) is 9. The fourth-order valence-corrected chi connectivity index (χ4v) is 8.25. The predicted octanol–water partition coefficient (Wildman–Crippen LogP) is 8.32. The summed E-state index contributed by atoms with van der Waals surface area (Å²) in [6, 6.07) is 5.69. The molecule has 23 heteroatoms. The van der Waals surface area contributed by atoms with E-state index >= 15 is 8.78 Å². The molecular weight excluding hydrogens is 881 g/mol. The molecule has 4 aromatic heterocycles. The van der Waals surface area contributed by atoms with Crippen LogP contribution in [0.15, 0.2) is 47.3 Å². The highest BCUT2D eigenvalue weighted by atomic mass is 35.5. The van der Waals surface area contributed by atoms with Crippen LogP contribution < -0.4 is 20.3 Å². The fraction of sp³-hybridized carbons (Fsp3) is 0.385. The highest BCUT2D eigenvalue weighted by molar-refractivity contribution is 7.99. The minimum absolute atomic E-state index is 0.0428. The number of halogens is 10. The minimum Gasteiger partial charge on any atom is -0.471 e. The third-order valence-electron chi connectivity index (χ3n) is 10.7. The molecule has 2 atom stereocenters. The van der Waals surface area contributed by atoms with Gasteiger partial charge in [0.15, 0.2) is 18.1 Å². The summed E-state index contributed by atoms with van der Waals surface area (Å²) in [5, 5.41) is 11.8. The van der Waals surface area contributed by atoms with Crippen molar-refractivity contribution in [2.24, 2.45) is 13.0 Å². The summed E-state index contributed by atoms with van der Waals surface area (Å²) >= 11 is 7.83. The lowest BCUT2D eigenvalue weighted by Crippen LogP contribution is -2.41. The lowest BCUT2D eigenvalue weighted by molar-refractivity contribution is -0.290. The van der Waals surface area contributed by atoms with Gasteiger partial charge in [0.2, 0.25) is 11.8 Å². The lowest BCUT2D eigenvalue weighted by Gasteiger charge is -2.24. The summed E-state index contributed by atoms with van der Waals surface area (Å²) in [7, 11) is 1.54. The molecule has 12 nitrogen and oxygen atoms in total. The molecule has 2 unspecified atom stereocenters. The minimum atomic E-state index is -5.96. The fourth-order valence-electron chi connectivity index (χ4n) is 7.67. The van der Waals surface area contributed by atoms with Crippen molar-refractivity contribution in [3.63, 3.8) is 0 Å². The molecule has 2 aromatic carbocycles. The van der Waals surface area contributed by atoms with Crippen molar-refractivity contribution >= 4 is 57.2 Å². The Morgan fingerprint density at radius 1 is 1.05 bits per heavy atom. The van der Waals surface area contributed by atoms with Crippen LogP contribution in [0, 0.1) is 17.6 Å². The molecule has 1 fully saturated rings. The molecule has 1 saturated carbocycles. The number of carbonyl (C=O) groups excluding carboxylic acids is 1. The number of alkyl halides is 7. The largest absolute Gasteiger partial charge is 0.471 e. The monoisotopic (exact) mass is 913 g/mol. The smallest absolute Gasteiger partial charge is 0.456 e. The van der Waals surface area contributed by atoms with Gasteiger partial charge in [0, 0.05) is 49.3 Å². The van der Waals surface area contributed by atoms with Crippen LogP contribution in [0.3, 0.4) is 0 Å². The molecule has 2 aliphatic rings. The van der Waals surface area contributed by atoms with Gasteiger partial charge < -0.3 is 14.8 Å². The van der Waals surface area contributed by atoms with Crippen molar-refractivity contribution in [3.8, 4) is 11.6 Å². The number of aromatic nitrogens is 7. The number of rotatable bonds is 13. The normalized spacial score (nSPS) is 16.8. The zero-order valence-electron chi connectivity index (χ0n) is 32.6. The molecule has 1 amide bonds. The molecule has 328 valence electrons. The van der Waals surface area contributed by atoms with Crippen molar-refractivity contribution in [1.29, 1.82) is 0 Å². The number of fused-ring (bicyclic) bond motifs is 3. The van der Waals surface area contributed by atoms with Gasteiger partial charge in [0.05, 0.1) is 38.7 Å². The van der Waals surface area contributed by atoms with Crippen LogP contribution in [0.1, 0.15) is 60.1 Å². The molecule has 0 aliphatic heterocycles. The molecule has 4 heterocycles. The van der Waals surface area contributed by atoms with Gasteiger partial charge in [-0.3, -0.25) is 23.5 Å². The van der Waals surface area contributed by atoms with Crippen LogP contribution in [0.25, 0.3) is 27.6 Å². The third-order valence-corrected chi connectivity index (χ3v) is 11.4. The molecule has 0 radical (unpaired) electrons. The number of ether oxygens (including phenoxy) is 1. The van der Waals surface area contributed by atoms with Crippen molar-refractivity contribution in [2.75, 3.05) is 17.6 Å². The van der Waals surface area contributed by atoms with Gasteiger partial charge in [0.25, 0.3) is 11.5 Å². The maximum Gasteiger partial charge on any atom is 0.456 e. The van der Waals surface area contributed by atoms with E-state index < -0.39 is 95.7 Å². The van der Waals surface area contributed by atoms with Gasteiger partial charge in [-0.25, -0.2) is 13.8 Å². The first kappa shape index (κ1) is 43.2. The van der Waals surface area contributed by atoms with Crippen molar-refractivity contribution in [3.05, 3.63) is 97.8 Å². The first-order valence-corrected chi connectivity index (χ1v) is 20.5. The highest BCUT2D eigenvalue weighted by Gasteiger charge is 2.58.